The predicted molar refractivity (Wildman–Crippen MR) is 108 cm³/mol. The van der Waals surface area contributed by atoms with E-state index in [0.29, 0.717) is 29.5 Å². The van der Waals surface area contributed by atoms with E-state index in [9.17, 15) is 14.7 Å². The number of aliphatic hydroxyl groups is 1. The molecule has 6 nitrogen and oxygen atoms in total. The lowest BCUT2D eigenvalue weighted by Gasteiger charge is -2.14. The van der Waals surface area contributed by atoms with Crippen LogP contribution in [0.4, 0.5) is 0 Å². The first-order chi connectivity index (χ1) is 13.4. The molecular weight excluding hydrogens is 356 g/mol. The van der Waals surface area contributed by atoms with Crippen LogP contribution < -0.4 is 10.3 Å². The number of nitrogens with zero attached hydrogens (tertiary/aromatic N) is 2. The highest BCUT2D eigenvalue weighted by molar-refractivity contribution is 5.78. The summed E-state index contributed by atoms with van der Waals surface area (Å²) < 4.78 is 7.02. The van der Waals surface area contributed by atoms with Crippen molar-refractivity contribution >= 4 is 16.7 Å². The Morgan fingerprint density at radius 2 is 1.96 bits per heavy atom. The molecule has 0 saturated carbocycles. The minimum Gasteiger partial charge on any atom is -0.491 e. The van der Waals surface area contributed by atoms with Crippen molar-refractivity contribution in [1.29, 1.82) is 0 Å². The van der Waals surface area contributed by atoms with E-state index in [1.54, 1.807) is 13.0 Å². The van der Waals surface area contributed by atoms with E-state index in [1.807, 2.05) is 43.3 Å². The van der Waals surface area contributed by atoms with Crippen LogP contribution in [0, 0.1) is 6.92 Å². The second-order valence-corrected chi connectivity index (χ2v) is 7.03. The fourth-order valence-electron chi connectivity index (χ4n) is 2.95. The van der Waals surface area contributed by atoms with Gasteiger partial charge in [0, 0.05) is 6.42 Å². The summed E-state index contributed by atoms with van der Waals surface area (Å²) in [5, 5.41) is 10.8. The molecule has 1 aromatic heterocycles. The maximum Gasteiger partial charge on any atom is 0.261 e. The second-order valence-electron chi connectivity index (χ2n) is 7.03. The van der Waals surface area contributed by atoms with Gasteiger partial charge in [-0.25, -0.2) is 4.98 Å². The van der Waals surface area contributed by atoms with Crippen LogP contribution in [-0.2, 0) is 17.8 Å². The average molecular weight is 380 g/mol. The SMILES string of the molecule is CC(=O)CCc1ccc(OCC(O)Cn2cnc3ccc(C)cc3c2=O)cc1. The van der Waals surface area contributed by atoms with Crippen molar-refractivity contribution < 1.29 is 14.6 Å². The molecule has 0 spiro atoms. The van der Waals surface area contributed by atoms with Gasteiger partial charge in [0.15, 0.2) is 0 Å². The lowest BCUT2D eigenvalue weighted by Crippen LogP contribution is -2.30. The van der Waals surface area contributed by atoms with Gasteiger partial charge in [-0.2, -0.15) is 0 Å². The van der Waals surface area contributed by atoms with Gasteiger partial charge in [0.25, 0.3) is 5.56 Å². The molecule has 0 aliphatic rings. The molecule has 3 aromatic rings. The maximum absolute atomic E-state index is 12.6. The molecule has 0 bridgehead atoms. The Kier molecular flexibility index (Phi) is 6.21. The van der Waals surface area contributed by atoms with Crippen molar-refractivity contribution in [3.8, 4) is 5.75 Å². The molecule has 0 fully saturated rings. The number of aromatic nitrogens is 2. The van der Waals surface area contributed by atoms with Crippen LogP contribution in [0.15, 0.2) is 53.6 Å². The van der Waals surface area contributed by atoms with Crippen molar-refractivity contribution in [3.05, 3.63) is 70.3 Å². The highest BCUT2D eigenvalue weighted by atomic mass is 16.5. The van der Waals surface area contributed by atoms with E-state index in [1.165, 1.54) is 10.9 Å². The summed E-state index contributed by atoms with van der Waals surface area (Å²) in [6.45, 7) is 3.66. The molecule has 0 saturated heterocycles. The summed E-state index contributed by atoms with van der Waals surface area (Å²) in [5.41, 5.74) is 2.51. The number of aliphatic hydroxyl groups excluding tert-OH is 1. The Morgan fingerprint density at radius 1 is 1.21 bits per heavy atom. The van der Waals surface area contributed by atoms with Gasteiger partial charge in [0.2, 0.25) is 0 Å². The first-order valence-electron chi connectivity index (χ1n) is 9.27. The first kappa shape index (κ1) is 19.8. The Hall–Kier alpha value is -2.99. The molecule has 0 amide bonds. The topological polar surface area (TPSA) is 81.4 Å². The molecule has 146 valence electrons. The van der Waals surface area contributed by atoms with Gasteiger partial charge in [0.1, 0.15) is 24.2 Å². The number of carbonyl (C=O) groups excluding carboxylic acids is 1. The zero-order valence-corrected chi connectivity index (χ0v) is 16.1. The number of hydrogen-bond acceptors (Lipinski definition) is 5. The number of ether oxygens (including phenoxy) is 1. The predicted octanol–water partition coefficient (Wildman–Crippen LogP) is 2.67. The Bertz CT molecular complexity index is 1020. The van der Waals surface area contributed by atoms with Gasteiger partial charge in [-0.1, -0.05) is 23.8 Å². The van der Waals surface area contributed by atoms with Gasteiger partial charge >= 0.3 is 0 Å². The van der Waals surface area contributed by atoms with Gasteiger partial charge in [0.05, 0.1) is 23.8 Å². The lowest BCUT2D eigenvalue weighted by atomic mass is 10.1. The minimum absolute atomic E-state index is 0.0606. The van der Waals surface area contributed by atoms with Crippen molar-refractivity contribution in [3.63, 3.8) is 0 Å². The zero-order valence-electron chi connectivity index (χ0n) is 16.1. The number of aryl methyl sites for hydroxylation is 2. The minimum atomic E-state index is -0.848. The van der Waals surface area contributed by atoms with E-state index < -0.39 is 6.10 Å². The maximum atomic E-state index is 12.6. The van der Waals surface area contributed by atoms with Crippen molar-refractivity contribution in [2.45, 2.75) is 39.3 Å². The van der Waals surface area contributed by atoms with E-state index in [-0.39, 0.29) is 24.5 Å². The molecule has 1 heterocycles. The monoisotopic (exact) mass is 380 g/mol. The van der Waals surface area contributed by atoms with E-state index in [4.69, 9.17) is 4.74 Å². The molecule has 3 rings (SSSR count). The van der Waals surface area contributed by atoms with Crippen LogP contribution in [-0.4, -0.2) is 33.2 Å². The summed E-state index contributed by atoms with van der Waals surface area (Å²) >= 11 is 0. The quantitative estimate of drug-likeness (QED) is 0.650. The zero-order chi connectivity index (χ0) is 20.1. The van der Waals surface area contributed by atoms with Gasteiger partial charge in [-0.3, -0.25) is 9.36 Å². The molecule has 1 atom stereocenters. The Labute approximate surface area is 163 Å². The Morgan fingerprint density at radius 3 is 2.68 bits per heavy atom. The highest BCUT2D eigenvalue weighted by Crippen LogP contribution is 2.14. The molecule has 0 radical (unpaired) electrons. The number of fused-ring (bicyclic) bond motifs is 1. The standard InChI is InChI=1S/C22H24N2O4/c1-15-3-10-21-20(11-15)22(27)24(14-23-21)12-18(26)13-28-19-8-6-17(7-9-19)5-4-16(2)25/h3,6-11,14,18,26H,4-5,12-13H2,1-2H3. The number of rotatable bonds is 8. The van der Waals surface area contributed by atoms with Crippen molar-refractivity contribution in [2.24, 2.45) is 0 Å². The van der Waals surface area contributed by atoms with Crippen LogP contribution in [0.25, 0.3) is 10.9 Å². The van der Waals surface area contributed by atoms with Crippen molar-refractivity contribution in [1.82, 2.24) is 9.55 Å². The van der Waals surface area contributed by atoms with E-state index in [0.717, 1.165) is 11.1 Å². The summed E-state index contributed by atoms with van der Waals surface area (Å²) in [7, 11) is 0. The largest absolute Gasteiger partial charge is 0.491 e. The fraction of sp³-hybridized carbons (Fsp3) is 0.318. The first-order valence-corrected chi connectivity index (χ1v) is 9.27. The van der Waals surface area contributed by atoms with Gasteiger partial charge in [-0.15, -0.1) is 0 Å². The van der Waals surface area contributed by atoms with Crippen LogP contribution in [0.3, 0.4) is 0 Å². The molecule has 28 heavy (non-hydrogen) atoms. The molecule has 2 aromatic carbocycles. The molecule has 1 N–H and O–H groups in total. The third kappa shape index (κ3) is 5.04. The molecule has 0 aliphatic heterocycles. The fourth-order valence-corrected chi connectivity index (χ4v) is 2.95. The van der Waals surface area contributed by atoms with Gasteiger partial charge in [-0.05, 0) is 50.1 Å². The third-order valence-electron chi connectivity index (χ3n) is 4.52. The van der Waals surface area contributed by atoms with Crippen LogP contribution >= 0.6 is 0 Å². The van der Waals surface area contributed by atoms with Crippen LogP contribution in [0.5, 0.6) is 5.75 Å². The summed E-state index contributed by atoms with van der Waals surface area (Å²) in [4.78, 5) is 27.9. The lowest BCUT2D eigenvalue weighted by molar-refractivity contribution is -0.116. The summed E-state index contributed by atoms with van der Waals surface area (Å²) in [6, 6.07) is 13.0. The number of Topliss-reactive ketones (excluding diaryl/α,β-unsaturated/α-hetero) is 1. The molecule has 1 unspecified atom stereocenters. The smallest absolute Gasteiger partial charge is 0.261 e. The number of ketones is 1. The summed E-state index contributed by atoms with van der Waals surface area (Å²) in [5.74, 6) is 0.794. The average Bonchev–Trinajstić information content (AvgIpc) is 2.68. The number of hydrogen-bond donors (Lipinski definition) is 1. The highest BCUT2D eigenvalue weighted by Gasteiger charge is 2.10. The van der Waals surface area contributed by atoms with Crippen LogP contribution in [0.1, 0.15) is 24.5 Å². The molecule has 6 heteroatoms. The summed E-state index contributed by atoms with van der Waals surface area (Å²) in [6.07, 6.45) is 1.83. The number of carbonyl (C=O) groups is 1. The molecular formula is C22H24N2O4. The van der Waals surface area contributed by atoms with Gasteiger partial charge < -0.3 is 14.6 Å². The second kappa shape index (κ2) is 8.80. The normalized spacial score (nSPS) is 12.1. The van der Waals surface area contributed by atoms with E-state index in [2.05, 4.69) is 4.98 Å². The van der Waals surface area contributed by atoms with Crippen molar-refractivity contribution in [2.75, 3.05) is 6.61 Å². The molecule has 0 aliphatic carbocycles. The van der Waals surface area contributed by atoms with Crippen LogP contribution in [0.2, 0.25) is 0 Å². The van der Waals surface area contributed by atoms with E-state index >= 15 is 0 Å². The third-order valence-corrected chi connectivity index (χ3v) is 4.52. The Balaban J connectivity index is 1.59. The number of benzene rings is 2.